The summed E-state index contributed by atoms with van der Waals surface area (Å²) < 4.78 is 16.7. The van der Waals surface area contributed by atoms with Crippen LogP contribution in [-0.2, 0) is 4.79 Å². The molecule has 0 aliphatic carbocycles. The summed E-state index contributed by atoms with van der Waals surface area (Å²) in [6.45, 7) is 6.92. The first-order chi connectivity index (χ1) is 14.6. The van der Waals surface area contributed by atoms with Gasteiger partial charge in [0, 0.05) is 26.2 Å². The molecule has 7 heteroatoms. The normalized spacial score (nSPS) is 17.3. The van der Waals surface area contributed by atoms with Gasteiger partial charge in [-0.05, 0) is 36.8 Å². The van der Waals surface area contributed by atoms with Crippen LogP contribution in [0.25, 0.3) is 0 Å². The molecule has 7 nitrogen and oxygen atoms in total. The van der Waals surface area contributed by atoms with Crippen molar-refractivity contribution in [3.8, 4) is 17.2 Å². The number of fused-ring (bicyclic) bond motifs is 1. The van der Waals surface area contributed by atoms with Gasteiger partial charge in [-0.2, -0.15) is 0 Å². The molecule has 0 bridgehead atoms. The van der Waals surface area contributed by atoms with E-state index in [1.54, 1.807) is 7.11 Å². The number of amides is 1. The molecule has 0 spiro atoms. The second kappa shape index (κ2) is 9.26. The van der Waals surface area contributed by atoms with Crippen LogP contribution in [0.5, 0.6) is 17.2 Å². The van der Waals surface area contributed by atoms with E-state index in [1.807, 2.05) is 43.3 Å². The lowest BCUT2D eigenvalue weighted by atomic mass is 10.1. The Hall–Kier alpha value is -2.93. The van der Waals surface area contributed by atoms with Crippen LogP contribution in [0.3, 0.4) is 0 Å². The third-order valence-electron chi connectivity index (χ3n) is 5.61. The number of para-hydroxylation sites is 2. The zero-order valence-electron chi connectivity index (χ0n) is 17.6. The van der Waals surface area contributed by atoms with E-state index in [4.69, 9.17) is 14.2 Å². The summed E-state index contributed by atoms with van der Waals surface area (Å²) in [6.07, 6.45) is 0. The Labute approximate surface area is 177 Å². The zero-order chi connectivity index (χ0) is 20.9. The number of hydrogen-bond donors (Lipinski definition) is 1. The van der Waals surface area contributed by atoms with Crippen molar-refractivity contribution in [2.24, 2.45) is 0 Å². The average molecular weight is 412 g/mol. The molecule has 0 saturated carbocycles. The standard InChI is InChI=1S/C23H29N3O4/c1-17(18-7-8-21-22(15-18)30-14-13-29-21)24-23(27)16-25-9-11-26(12-10-25)19-5-3-4-6-20(19)28-2/h3-8,15,17H,9-14,16H2,1-2H3,(H,24,27)/t17-/m1/s1. The van der Waals surface area contributed by atoms with Crippen molar-refractivity contribution in [3.63, 3.8) is 0 Å². The molecular formula is C23H29N3O4. The van der Waals surface area contributed by atoms with Gasteiger partial charge in [-0.15, -0.1) is 0 Å². The highest BCUT2D eigenvalue weighted by Gasteiger charge is 2.22. The number of benzene rings is 2. The minimum Gasteiger partial charge on any atom is -0.495 e. The summed E-state index contributed by atoms with van der Waals surface area (Å²) in [5.74, 6) is 2.42. The van der Waals surface area contributed by atoms with Gasteiger partial charge in [0.05, 0.1) is 25.4 Å². The van der Waals surface area contributed by atoms with Gasteiger partial charge in [0.2, 0.25) is 5.91 Å². The third-order valence-corrected chi connectivity index (χ3v) is 5.61. The summed E-state index contributed by atoms with van der Waals surface area (Å²) in [5.41, 5.74) is 2.12. The van der Waals surface area contributed by atoms with Crippen molar-refractivity contribution in [2.75, 3.05) is 57.9 Å². The largest absolute Gasteiger partial charge is 0.495 e. The fraction of sp³-hybridized carbons (Fsp3) is 0.435. The molecule has 2 heterocycles. The van der Waals surface area contributed by atoms with Crippen molar-refractivity contribution in [1.82, 2.24) is 10.2 Å². The Balaban J connectivity index is 1.28. The fourth-order valence-corrected chi connectivity index (χ4v) is 3.94. The van der Waals surface area contributed by atoms with E-state index in [0.29, 0.717) is 19.8 Å². The highest BCUT2D eigenvalue weighted by Crippen LogP contribution is 2.32. The highest BCUT2D eigenvalue weighted by atomic mass is 16.6. The maximum absolute atomic E-state index is 12.6. The van der Waals surface area contributed by atoms with Crippen molar-refractivity contribution in [3.05, 3.63) is 48.0 Å². The van der Waals surface area contributed by atoms with Crippen molar-refractivity contribution < 1.29 is 19.0 Å². The Morgan fingerprint density at radius 2 is 1.80 bits per heavy atom. The predicted molar refractivity (Wildman–Crippen MR) is 116 cm³/mol. The van der Waals surface area contributed by atoms with Crippen LogP contribution >= 0.6 is 0 Å². The molecule has 1 amide bonds. The SMILES string of the molecule is COc1ccccc1N1CCN(CC(=O)N[C@H](C)c2ccc3c(c2)OCCO3)CC1. The molecule has 160 valence electrons. The number of piperazine rings is 1. The second-order valence-corrected chi connectivity index (χ2v) is 7.63. The first-order valence-electron chi connectivity index (χ1n) is 10.4. The summed E-state index contributed by atoms with van der Waals surface area (Å²) in [5, 5.41) is 3.10. The Bertz CT molecular complexity index is 881. The van der Waals surface area contributed by atoms with Crippen LogP contribution in [0.1, 0.15) is 18.5 Å². The van der Waals surface area contributed by atoms with Gasteiger partial charge < -0.3 is 24.4 Å². The monoisotopic (exact) mass is 411 g/mol. The van der Waals surface area contributed by atoms with Crippen molar-refractivity contribution in [2.45, 2.75) is 13.0 Å². The number of hydrogen-bond acceptors (Lipinski definition) is 6. The third kappa shape index (κ3) is 4.62. The van der Waals surface area contributed by atoms with Crippen LogP contribution in [0, 0.1) is 0 Å². The number of carbonyl (C=O) groups is 1. The van der Waals surface area contributed by atoms with Gasteiger partial charge in [-0.1, -0.05) is 18.2 Å². The van der Waals surface area contributed by atoms with Crippen molar-refractivity contribution in [1.29, 1.82) is 0 Å². The lowest BCUT2D eigenvalue weighted by molar-refractivity contribution is -0.123. The molecular weight excluding hydrogens is 382 g/mol. The highest BCUT2D eigenvalue weighted by molar-refractivity contribution is 5.78. The van der Waals surface area contributed by atoms with E-state index in [9.17, 15) is 4.79 Å². The number of nitrogens with one attached hydrogen (secondary N) is 1. The van der Waals surface area contributed by atoms with Gasteiger partial charge in [0.25, 0.3) is 0 Å². The van der Waals surface area contributed by atoms with Crippen LogP contribution in [0.2, 0.25) is 0 Å². The van der Waals surface area contributed by atoms with E-state index in [-0.39, 0.29) is 11.9 Å². The lowest BCUT2D eigenvalue weighted by Crippen LogP contribution is -2.49. The van der Waals surface area contributed by atoms with E-state index < -0.39 is 0 Å². The molecule has 0 radical (unpaired) electrons. The minimum absolute atomic E-state index is 0.0307. The van der Waals surface area contributed by atoms with Gasteiger partial charge in [-0.25, -0.2) is 0 Å². The number of anilines is 1. The first kappa shape index (κ1) is 20.3. The molecule has 30 heavy (non-hydrogen) atoms. The molecule has 2 aromatic rings. The van der Waals surface area contributed by atoms with E-state index in [2.05, 4.69) is 21.2 Å². The topological polar surface area (TPSA) is 63.3 Å². The van der Waals surface area contributed by atoms with E-state index >= 15 is 0 Å². The van der Waals surface area contributed by atoms with Gasteiger partial charge in [-0.3, -0.25) is 9.69 Å². The van der Waals surface area contributed by atoms with Crippen LogP contribution < -0.4 is 24.4 Å². The number of ether oxygens (including phenoxy) is 3. The molecule has 1 saturated heterocycles. The molecule has 4 rings (SSSR count). The lowest BCUT2D eigenvalue weighted by Gasteiger charge is -2.36. The number of methoxy groups -OCH3 is 1. The summed E-state index contributed by atoms with van der Waals surface area (Å²) in [4.78, 5) is 17.1. The summed E-state index contributed by atoms with van der Waals surface area (Å²) in [6, 6.07) is 13.8. The first-order valence-corrected chi connectivity index (χ1v) is 10.4. The smallest absolute Gasteiger partial charge is 0.234 e. The predicted octanol–water partition coefficient (Wildman–Crippen LogP) is 2.47. The van der Waals surface area contributed by atoms with E-state index in [1.165, 1.54) is 0 Å². The number of rotatable bonds is 6. The Morgan fingerprint density at radius 3 is 2.57 bits per heavy atom. The molecule has 1 atom stereocenters. The molecule has 0 unspecified atom stereocenters. The molecule has 2 aliphatic rings. The summed E-state index contributed by atoms with van der Waals surface area (Å²) >= 11 is 0. The zero-order valence-corrected chi connectivity index (χ0v) is 17.6. The second-order valence-electron chi connectivity index (χ2n) is 7.63. The van der Waals surface area contributed by atoms with Crippen LogP contribution in [0.4, 0.5) is 5.69 Å². The average Bonchev–Trinajstić information content (AvgIpc) is 2.79. The van der Waals surface area contributed by atoms with E-state index in [0.717, 1.165) is 54.7 Å². The summed E-state index contributed by atoms with van der Waals surface area (Å²) in [7, 11) is 1.70. The molecule has 2 aliphatic heterocycles. The Morgan fingerprint density at radius 1 is 1.07 bits per heavy atom. The van der Waals surface area contributed by atoms with Gasteiger partial charge in [0.1, 0.15) is 19.0 Å². The van der Waals surface area contributed by atoms with Crippen molar-refractivity contribution >= 4 is 11.6 Å². The van der Waals surface area contributed by atoms with Crippen LogP contribution in [0.15, 0.2) is 42.5 Å². The maximum Gasteiger partial charge on any atom is 0.234 e. The number of nitrogens with zero attached hydrogens (tertiary/aromatic N) is 2. The van der Waals surface area contributed by atoms with Gasteiger partial charge in [0.15, 0.2) is 11.5 Å². The maximum atomic E-state index is 12.6. The fourth-order valence-electron chi connectivity index (χ4n) is 3.94. The molecule has 1 fully saturated rings. The molecule has 1 N–H and O–H groups in total. The quantitative estimate of drug-likeness (QED) is 0.788. The number of carbonyl (C=O) groups excluding carboxylic acids is 1. The van der Waals surface area contributed by atoms with Gasteiger partial charge >= 0.3 is 0 Å². The molecule has 2 aromatic carbocycles. The Kier molecular flexibility index (Phi) is 6.28. The minimum atomic E-state index is -0.0943. The van der Waals surface area contributed by atoms with Crippen LogP contribution in [-0.4, -0.2) is 63.9 Å². The molecule has 0 aromatic heterocycles.